The van der Waals surface area contributed by atoms with E-state index in [1.54, 1.807) is 34.7 Å². The fourth-order valence-electron chi connectivity index (χ4n) is 3.40. The second kappa shape index (κ2) is 10.3. The topological polar surface area (TPSA) is 63.5 Å². The monoisotopic (exact) mass is 475 g/mol. The van der Waals surface area contributed by atoms with Crippen molar-refractivity contribution >= 4 is 35.2 Å². The number of aromatic nitrogens is 3. The molecule has 1 aliphatic heterocycles. The maximum Gasteiger partial charge on any atom is 0.233 e. The lowest BCUT2D eigenvalue weighted by molar-refractivity contribution is -0.127. The first-order valence-corrected chi connectivity index (χ1v) is 11.5. The summed E-state index contributed by atoms with van der Waals surface area (Å²) in [5, 5.41) is 9.82. The second-order valence-corrected chi connectivity index (χ2v) is 8.74. The molecule has 1 aromatic heterocycles. The summed E-state index contributed by atoms with van der Waals surface area (Å²) >= 11 is 7.31. The molecule has 0 radical (unpaired) electrons. The van der Waals surface area contributed by atoms with Gasteiger partial charge in [-0.25, -0.2) is 4.39 Å². The van der Waals surface area contributed by atoms with E-state index in [1.807, 2.05) is 18.2 Å². The third-order valence-electron chi connectivity index (χ3n) is 5.04. The molecule has 0 unspecified atom stereocenters. The Morgan fingerprint density at radius 2 is 1.97 bits per heavy atom. The van der Waals surface area contributed by atoms with E-state index in [0.717, 1.165) is 5.56 Å². The fraction of sp³-hybridized carbons (Fsp3) is 0.318. The molecule has 7 nitrogen and oxygen atoms in total. The predicted molar refractivity (Wildman–Crippen MR) is 123 cm³/mol. The summed E-state index contributed by atoms with van der Waals surface area (Å²) in [5.41, 5.74) is 1.56. The van der Waals surface area contributed by atoms with Crippen LogP contribution in [0.1, 0.15) is 5.56 Å². The summed E-state index contributed by atoms with van der Waals surface area (Å²) in [6.07, 6.45) is 0. The number of ether oxygens (including phenoxy) is 1. The molecule has 0 bridgehead atoms. The van der Waals surface area contributed by atoms with Crippen LogP contribution < -0.4 is 4.90 Å². The first kappa shape index (κ1) is 22.6. The summed E-state index contributed by atoms with van der Waals surface area (Å²) in [6.45, 7) is 2.96. The number of carbonyl (C=O) groups excluding carboxylic acids is 1. The number of rotatable bonds is 7. The zero-order valence-electron chi connectivity index (χ0n) is 17.6. The fourth-order valence-corrected chi connectivity index (χ4v) is 4.50. The highest BCUT2D eigenvalue weighted by Crippen LogP contribution is 2.28. The van der Waals surface area contributed by atoms with Gasteiger partial charge < -0.3 is 14.5 Å². The van der Waals surface area contributed by atoms with Gasteiger partial charge in [0.05, 0.1) is 24.7 Å². The molecule has 1 aliphatic rings. The number of thioether (sulfide) groups is 1. The van der Waals surface area contributed by atoms with Crippen LogP contribution in [-0.2, 0) is 16.1 Å². The van der Waals surface area contributed by atoms with Crippen molar-refractivity contribution in [3.8, 4) is 5.69 Å². The van der Waals surface area contributed by atoms with Crippen LogP contribution in [0.2, 0.25) is 5.02 Å². The summed E-state index contributed by atoms with van der Waals surface area (Å²) in [6, 6.07) is 13.7. The van der Waals surface area contributed by atoms with Crippen LogP contribution in [0.15, 0.2) is 53.7 Å². The number of benzene rings is 2. The summed E-state index contributed by atoms with van der Waals surface area (Å²) in [4.78, 5) is 16.4. The average Bonchev–Trinajstić information content (AvgIpc) is 3.22. The molecular formula is C22H23ClFN5O2S. The van der Waals surface area contributed by atoms with Crippen LogP contribution in [0, 0.1) is 5.82 Å². The van der Waals surface area contributed by atoms with E-state index < -0.39 is 0 Å². The molecule has 0 saturated carbocycles. The Morgan fingerprint density at radius 1 is 1.19 bits per heavy atom. The van der Waals surface area contributed by atoms with Crippen molar-refractivity contribution in [3.05, 3.63) is 64.9 Å². The molecule has 0 spiro atoms. The quantitative estimate of drug-likeness (QED) is 0.486. The van der Waals surface area contributed by atoms with Gasteiger partial charge >= 0.3 is 0 Å². The highest BCUT2D eigenvalue weighted by molar-refractivity contribution is 7.99. The molecule has 0 atom stereocenters. The molecule has 0 N–H and O–H groups in total. The molecule has 0 aliphatic carbocycles. The third kappa shape index (κ3) is 5.40. The van der Waals surface area contributed by atoms with Gasteiger partial charge in [0.15, 0.2) is 5.16 Å². The van der Waals surface area contributed by atoms with Gasteiger partial charge in [0.25, 0.3) is 0 Å². The van der Waals surface area contributed by atoms with Gasteiger partial charge in [-0.15, -0.1) is 10.2 Å². The second-order valence-electron chi connectivity index (χ2n) is 7.37. The number of halogens is 2. The van der Waals surface area contributed by atoms with Crippen LogP contribution in [0.4, 0.5) is 10.3 Å². The Balaban J connectivity index is 1.51. The lowest BCUT2D eigenvalue weighted by Crippen LogP contribution is -2.37. The predicted octanol–water partition coefficient (Wildman–Crippen LogP) is 3.65. The van der Waals surface area contributed by atoms with Gasteiger partial charge in [-0.1, -0.05) is 41.6 Å². The molecule has 2 aromatic carbocycles. The SMILES string of the molecule is CN(Cc1cccc(Cl)c1)C(=O)CSc1nnc(N2CCOCC2)n1-c1cccc(F)c1. The smallest absolute Gasteiger partial charge is 0.233 e. The molecule has 4 rings (SSSR count). The van der Waals surface area contributed by atoms with Crippen LogP contribution in [0.25, 0.3) is 5.69 Å². The van der Waals surface area contributed by atoms with Crippen molar-refractivity contribution < 1.29 is 13.9 Å². The Hall–Kier alpha value is -2.62. The lowest BCUT2D eigenvalue weighted by Gasteiger charge is -2.28. The van der Waals surface area contributed by atoms with E-state index in [2.05, 4.69) is 15.1 Å². The van der Waals surface area contributed by atoms with E-state index >= 15 is 0 Å². The van der Waals surface area contributed by atoms with Gasteiger partial charge in [0, 0.05) is 31.7 Å². The molecule has 1 saturated heterocycles. The molecule has 10 heteroatoms. The number of carbonyl (C=O) groups is 1. The maximum atomic E-state index is 14.0. The van der Waals surface area contributed by atoms with Gasteiger partial charge in [-0.05, 0) is 35.9 Å². The molecular weight excluding hydrogens is 453 g/mol. The highest BCUT2D eigenvalue weighted by atomic mass is 35.5. The van der Waals surface area contributed by atoms with E-state index in [0.29, 0.717) is 54.7 Å². The van der Waals surface area contributed by atoms with Crippen molar-refractivity contribution in [3.63, 3.8) is 0 Å². The van der Waals surface area contributed by atoms with Crippen molar-refractivity contribution in [2.45, 2.75) is 11.7 Å². The number of hydrogen-bond acceptors (Lipinski definition) is 6. The Bertz CT molecular complexity index is 1090. The minimum atomic E-state index is -0.350. The highest BCUT2D eigenvalue weighted by Gasteiger charge is 2.23. The minimum Gasteiger partial charge on any atom is -0.378 e. The number of hydrogen-bond donors (Lipinski definition) is 0. The zero-order valence-corrected chi connectivity index (χ0v) is 19.2. The molecule has 1 fully saturated rings. The van der Waals surface area contributed by atoms with Crippen LogP contribution >= 0.6 is 23.4 Å². The van der Waals surface area contributed by atoms with Gasteiger partial charge in [-0.2, -0.15) is 0 Å². The number of anilines is 1. The van der Waals surface area contributed by atoms with Crippen LogP contribution in [0.3, 0.4) is 0 Å². The van der Waals surface area contributed by atoms with Crippen LogP contribution in [0.5, 0.6) is 0 Å². The number of morpholine rings is 1. The zero-order chi connectivity index (χ0) is 22.5. The standard InChI is InChI=1S/C22H23ClFN5O2S/c1-27(14-16-4-2-5-17(23)12-16)20(30)15-32-22-26-25-21(28-8-10-31-11-9-28)29(22)19-7-3-6-18(24)13-19/h2-7,12-13H,8-11,14-15H2,1H3. The Morgan fingerprint density at radius 3 is 2.72 bits per heavy atom. The van der Waals surface area contributed by atoms with Crippen molar-refractivity contribution in [2.75, 3.05) is 44.0 Å². The van der Waals surface area contributed by atoms with Gasteiger partial charge in [-0.3, -0.25) is 9.36 Å². The number of amides is 1. The minimum absolute atomic E-state index is 0.0586. The van der Waals surface area contributed by atoms with E-state index in [-0.39, 0.29) is 17.5 Å². The number of nitrogens with zero attached hydrogens (tertiary/aromatic N) is 5. The summed E-state index contributed by atoms with van der Waals surface area (Å²) < 4.78 is 21.2. The maximum absolute atomic E-state index is 14.0. The first-order valence-electron chi connectivity index (χ1n) is 10.2. The molecule has 3 aromatic rings. The van der Waals surface area contributed by atoms with Crippen molar-refractivity contribution in [2.24, 2.45) is 0 Å². The van der Waals surface area contributed by atoms with E-state index in [1.165, 1.54) is 23.9 Å². The molecule has 168 valence electrons. The Labute approximate surface area is 195 Å². The Kier molecular flexibility index (Phi) is 7.29. The molecule has 1 amide bonds. The van der Waals surface area contributed by atoms with Gasteiger partial charge in [0.1, 0.15) is 5.82 Å². The molecule has 2 heterocycles. The first-order chi connectivity index (χ1) is 15.5. The van der Waals surface area contributed by atoms with Gasteiger partial charge in [0.2, 0.25) is 11.9 Å². The summed E-state index contributed by atoms with van der Waals surface area (Å²) in [5.74, 6) is 0.378. The largest absolute Gasteiger partial charge is 0.378 e. The lowest BCUT2D eigenvalue weighted by atomic mass is 10.2. The average molecular weight is 476 g/mol. The van der Waals surface area contributed by atoms with Crippen LogP contribution in [-0.4, -0.2) is 64.7 Å². The molecule has 32 heavy (non-hydrogen) atoms. The van der Waals surface area contributed by atoms with E-state index in [9.17, 15) is 9.18 Å². The normalized spacial score (nSPS) is 13.9. The third-order valence-corrected chi connectivity index (χ3v) is 6.18. The van der Waals surface area contributed by atoms with Crippen molar-refractivity contribution in [1.82, 2.24) is 19.7 Å². The van der Waals surface area contributed by atoms with E-state index in [4.69, 9.17) is 16.3 Å². The summed E-state index contributed by atoms with van der Waals surface area (Å²) in [7, 11) is 1.75. The van der Waals surface area contributed by atoms with Crippen molar-refractivity contribution in [1.29, 1.82) is 0 Å².